The van der Waals surface area contributed by atoms with Gasteiger partial charge in [-0.2, -0.15) is 0 Å². The van der Waals surface area contributed by atoms with E-state index in [1.807, 2.05) is 6.07 Å². The van der Waals surface area contributed by atoms with Crippen LogP contribution in [0.3, 0.4) is 0 Å². The first-order valence-electron chi connectivity index (χ1n) is 11.3. The van der Waals surface area contributed by atoms with Gasteiger partial charge >= 0.3 is 0 Å². The van der Waals surface area contributed by atoms with E-state index >= 15 is 0 Å². The van der Waals surface area contributed by atoms with Gasteiger partial charge in [-0.25, -0.2) is 13.1 Å². The number of carbonyl (C=O) groups excluding carboxylic acids is 1. The second kappa shape index (κ2) is 8.41. The maximum Gasteiger partial charge on any atom is 0.251 e. The van der Waals surface area contributed by atoms with Crippen LogP contribution in [0.2, 0.25) is 0 Å². The second-order valence-corrected chi connectivity index (χ2v) is 10.7. The van der Waals surface area contributed by atoms with Gasteiger partial charge in [-0.1, -0.05) is 18.9 Å². The van der Waals surface area contributed by atoms with Crippen molar-refractivity contribution in [2.24, 2.45) is 0 Å². The highest BCUT2D eigenvalue weighted by atomic mass is 32.2. The average molecular weight is 457 g/mol. The fraction of sp³-hybridized carbons (Fsp3) is 0.458. The number of carbonyl (C=O) groups is 1. The van der Waals surface area contributed by atoms with Gasteiger partial charge < -0.3 is 14.8 Å². The molecule has 3 aliphatic rings. The van der Waals surface area contributed by atoms with Crippen LogP contribution in [0.5, 0.6) is 11.5 Å². The van der Waals surface area contributed by atoms with E-state index in [2.05, 4.69) is 22.2 Å². The van der Waals surface area contributed by atoms with E-state index in [0.717, 1.165) is 55.6 Å². The van der Waals surface area contributed by atoms with E-state index in [1.165, 1.54) is 12.1 Å². The Bertz CT molecular complexity index is 1100. The summed E-state index contributed by atoms with van der Waals surface area (Å²) in [4.78, 5) is 13.0. The first-order valence-corrected chi connectivity index (χ1v) is 12.7. The van der Waals surface area contributed by atoms with Gasteiger partial charge in [0.2, 0.25) is 10.0 Å². The van der Waals surface area contributed by atoms with E-state index in [1.54, 1.807) is 12.1 Å². The summed E-state index contributed by atoms with van der Waals surface area (Å²) in [5, 5.41) is 3.08. The minimum Gasteiger partial charge on any atom is -0.486 e. The number of benzene rings is 2. The van der Waals surface area contributed by atoms with E-state index in [0.29, 0.717) is 25.3 Å². The normalized spacial score (nSPS) is 19.5. The monoisotopic (exact) mass is 456 g/mol. The Balaban J connectivity index is 1.28. The van der Waals surface area contributed by atoms with Crippen molar-refractivity contribution in [3.63, 3.8) is 0 Å². The van der Waals surface area contributed by atoms with Crippen molar-refractivity contribution in [1.82, 2.24) is 10.0 Å². The largest absolute Gasteiger partial charge is 0.486 e. The van der Waals surface area contributed by atoms with Crippen LogP contribution in [0, 0.1) is 0 Å². The molecule has 7 nitrogen and oxygen atoms in total. The molecule has 0 saturated heterocycles. The van der Waals surface area contributed by atoms with Crippen LogP contribution in [-0.4, -0.2) is 40.1 Å². The average Bonchev–Trinajstić information content (AvgIpc) is 3.48. The van der Waals surface area contributed by atoms with Crippen LogP contribution in [0.4, 0.5) is 0 Å². The molecule has 5 rings (SSSR count). The zero-order valence-corrected chi connectivity index (χ0v) is 18.7. The highest BCUT2D eigenvalue weighted by Crippen LogP contribution is 2.43. The Morgan fingerprint density at radius 1 is 0.969 bits per heavy atom. The minimum absolute atomic E-state index is 0.0473. The number of ether oxygens (including phenoxy) is 2. The van der Waals surface area contributed by atoms with Gasteiger partial charge in [0.25, 0.3) is 5.91 Å². The standard InChI is InChI=1S/C24H28N2O5S/c27-23(17-3-8-20(9-4-17)32(28,29)26-19-6-7-19)25-16-24(11-1-2-12-24)18-5-10-21-22(15-18)31-14-13-30-21/h3-5,8-10,15,19,26H,1-2,6-7,11-14,16H2,(H,25,27). The van der Waals surface area contributed by atoms with Gasteiger partial charge in [-0.3, -0.25) is 4.79 Å². The maximum absolute atomic E-state index is 12.8. The molecule has 0 radical (unpaired) electrons. The fourth-order valence-electron chi connectivity index (χ4n) is 4.62. The van der Waals surface area contributed by atoms with Crippen molar-refractivity contribution < 1.29 is 22.7 Å². The van der Waals surface area contributed by atoms with Gasteiger partial charge in [0.05, 0.1) is 4.90 Å². The third-order valence-corrected chi connectivity index (χ3v) is 8.16. The van der Waals surface area contributed by atoms with Crippen molar-refractivity contribution in [3.05, 3.63) is 53.6 Å². The second-order valence-electron chi connectivity index (χ2n) is 8.95. The smallest absolute Gasteiger partial charge is 0.251 e. The van der Waals surface area contributed by atoms with Crippen LogP contribution in [0.1, 0.15) is 54.4 Å². The summed E-state index contributed by atoms with van der Waals surface area (Å²) in [7, 11) is -3.52. The van der Waals surface area contributed by atoms with Crippen LogP contribution in [0.25, 0.3) is 0 Å². The molecule has 1 aliphatic heterocycles. The molecule has 2 aromatic rings. The van der Waals surface area contributed by atoms with Gasteiger partial charge in [0.15, 0.2) is 11.5 Å². The topological polar surface area (TPSA) is 93.7 Å². The number of nitrogens with one attached hydrogen (secondary N) is 2. The molecule has 2 fully saturated rings. The predicted octanol–water partition coefficient (Wildman–Crippen LogP) is 3.14. The van der Waals surface area contributed by atoms with Gasteiger partial charge in [-0.05, 0) is 67.6 Å². The Labute approximate surface area is 188 Å². The highest BCUT2D eigenvalue weighted by Gasteiger charge is 2.37. The van der Waals surface area contributed by atoms with Gasteiger partial charge in [0, 0.05) is 23.6 Å². The molecular weight excluding hydrogens is 428 g/mol. The molecular formula is C24H28N2O5S. The third kappa shape index (κ3) is 4.34. The molecule has 2 aliphatic carbocycles. The molecule has 8 heteroatoms. The molecule has 0 spiro atoms. The summed E-state index contributed by atoms with van der Waals surface area (Å²) >= 11 is 0. The fourth-order valence-corrected chi connectivity index (χ4v) is 5.92. The Hall–Kier alpha value is -2.58. The number of sulfonamides is 1. The molecule has 1 amide bonds. The lowest BCUT2D eigenvalue weighted by molar-refractivity contribution is 0.0943. The van der Waals surface area contributed by atoms with Crippen molar-refractivity contribution in [2.75, 3.05) is 19.8 Å². The number of rotatable bonds is 7. The first-order chi connectivity index (χ1) is 15.5. The lowest BCUT2D eigenvalue weighted by Gasteiger charge is -2.31. The molecule has 2 aromatic carbocycles. The van der Waals surface area contributed by atoms with Crippen molar-refractivity contribution >= 4 is 15.9 Å². The Morgan fingerprint density at radius 3 is 2.34 bits per heavy atom. The predicted molar refractivity (Wildman–Crippen MR) is 120 cm³/mol. The maximum atomic E-state index is 12.8. The summed E-state index contributed by atoms with van der Waals surface area (Å²) in [6, 6.07) is 12.3. The number of fused-ring (bicyclic) bond motifs is 1. The van der Waals surface area contributed by atoms with Crippen molar-refractivity contribution in [2.45, 2.75) is 54.9 Å². The molecule has 32 heavy (non-hydrogen) atoms. The minimum atomic E-state index is -3.52. The van der Waals surface area contributed by atoms with Crippen LogP contribution < -0.4 is 19.5 Å². The molecule has 1 heterocycles. The molecule has 0 aromatic heterocycles. The Kier molecular flexibility index (Phi) is 5.59. The number of hydrogen-bond donors (Lipinski definition) is 2. The van der Waals surface area contributed by atoms with Crippen LogP contribution >= 0.6 is 0 Å². The molecule has 0 bridgehead atoms. The summed E-state index contributed by atoms with van der Waals surface area (Å²) in [6.45, 7) is 1.63. The highest BCUT2D eigenvalue weighted by molar-refractivity contribution is 7.89. The van der Waals surface area contributed by atoms with E-state index in [4.69, 9.17) is 9.47 Å². The SMILES string of the molecule is O=C(NCC1(c2ccc3c(c2)OCCO3)CCCC1)c1ccc(S(=O)(=O)NC2CC2)cc1. The van der Waals surface area contributed by atoms with E-state index in [9.17, 15) is 13.2 Å². The zero-order valence-electron chi connectivity index (χ0n) is 17.9. The first kappa shape index (κ1) is 21.3. The molecule has 0 atom stereocenters. The van der Waals surface area contributed by atoms with Crippen molar-refractivity contribution in [1.29, 1.82) is 0 Å². The molecule has 170 valence electrons. The quantitative estimate of drug-likeness (QED) is 0.668. The van der Waals surface area contributed by atoms with Crippen LogP contribution in [-0.2, 0) is 15.4 Å². The third-order valence-electron chi connectivity index (χ3n) is 6.63. The lowest BCUT2D eigenvalue weighted by atomic mass is 9.78. The van der Waals surface area contributed by atoms with E-state index in [-0.39, 0.29) is 22.3 Å². The van der Waals surface area contributed by atoms with E-state index < -0.39 is 10.0 Å². The van der Waals surface area contributed by atoms with Crippen molar-refractivity contribution in [3.8, 4) is 11.5 Å². The molecule has 0 unspecified atom stereocenters. The lowest BCUT2D eigenvalue weighted by Crippen LogP contribution is -2.39. The summed E-state index contributed by atoms with van der Waals surface area (Å²) in [5.74, 6) is 1.33. The summed E-state index contributed by atoms with van der Waals surface area (Å²) in [6.07, 6.45) is 5.99. The molecule has 2 N–H and O–H groups in total. The van der Waals surface area contributed by atoms with Gasteiger partial charge in [0.1, 0.15) is 13.2 Å². The van der Waals surface area contributed by atoms with Crippen LogP contribution in [0.15, 0.2) is 47.4 Å². The Morgan fingerprint density at radius 2 is 1.66 bits per heavy atom. The molecule has 2 saturated carbocycles. The summed E-state index contributed by atoms with van der Waals surface area (Å²) < 4.78 is 38.7. The number of amides is 1. The summed E-state index contributed by atoms with van der Waals surface area (Å²) in [5.41, 5.74) is 1.47. The van der Waals surface area contributed by atoms with Gasteiger partial charge in [-0.15, -0.1) is 0 Å². The number of hydrogen-bond acceptors (Lipinski definition) is 5. The zero-order chi connectivity index (χ0) is 22.2.